The molecule has 4 nitrogen and oxygen atoms in total. The number of imidazole rings is 1. The number of nitrogens with zero attached hydrogens (tertiary/aromatic N) is 3. The van der Waals surface area contributed by atoms with Gasteiger partial charge in [-0.2, -0.15) is 5.10 Å². The lowest BCUT2D eigenvalue weighted by atomic mass is 10.4. The maximum absolute atomic E-state index is 5.39. The Morgan fingerprint density at radius 2 is 2.33 bits per heavy atom. The lowest BCUT2D eigenvalue weighted by molar-refractivity contribution is 0.718. The third kappa shape index (κ3) is 1.86. The molecular formula is C11H11BrN4S2. The summed E-state index contributed by atoms with van der Waals surface area (Å²) >= 11 is 10.6. The number of hydrogen-bond acceptors (Lipinski definition) is 3. The molecule has 0 atom stereocenters. The third-order valence-electron chi connectivity index (χ3n) is 2.86. The van der Waals surface area contributed by atoms with Gasteiger partial charge in [-0.1, -0.05) is 0 Å². The molecule has 3 aromatic rings. The summed E-state index contributed by atoms with van der Waals surface area (Å²) in [5, 5.41) is 6.49. The minimum Gasteiger partial charge on any atom is -0.328 e. The topological polar surface area (TPSA) is 38.5 Å². The average molecular weight is 343 g/mol. The molecule has 0 radical (unpaired) electrons. The molecule has 0 aliphatic carbocycles. The molecule has 18 heavy (non-hydrogen) atoms. The number of nitrogens with one attached hydrogen (secondary N) is 1. The van der Waals surface area contributed by atoms with E-state index >= 15 is 0 Å². The summed E-state index contributed by atoms with van der Waals surface area (Å²) in [6.45, 7) is 2.76. The van der Waals surface area contributed by atoms with E-state index in [1.165, 1.54) is 4.88 Å². The molecule has 0 saturated heterocycles. The lowest BCUT2D eigenvalue weighted by Crippen LogP contribution is -2.03. The number of H-pyrrole nitrogens is 1. The molecule has 94 valence electrons. The summed E-state index contributed by atoms with van der Waals surface area (Å²) in [6, 6.07) is 2.12. The molecule has 0 bridgehead atoms. The van der Waals surface area contributed by atoms with Crippen molar-refractivity contribution in [3.8, 4) is 0 Å². The number of aromatic amines is 1. The second kappa shape index (κ2) is 4.32. The van der Waals surface area contributed by atoms with Crippen LogP contribution in [0.3, 0.4) is 0 Å². The summed E-state index contributed by atoms with van der Waals surface area (Å²) < 4.78 is 5.82. The second-order valence-electron chi connectivity index (χ2n) is 4.16. The largest absolute Gasteiger partial charge is 0.328 e. The number of thiophene rings is 1. The molecule has 0 aromatic carbocycles. The summed E-state index contributed by atoms with van der Waals surface area (Å²) in [6.07, 6.45) is 0. The van der Waals surface area contributed by atoms with Crippen molar-refractivity contribution in [2.45, 2.75) is 13.5 Å². The first-order chi connectivity index (χ1) is 8.56. The predicted octanol–water partition coefficient (Wildman–Crippen LogP) is 3.61. The van der Waals surface area contributed by atoms with E-state index in [1.807, 2.05) is 18.7 Å². The molecule has 3 rings (SSSR count). The van der Waals surface area contributed by atoms with Gasteiger partial charge in [0.25, 0.3) is 0 Å². The Hall–Kier alpha value is -0.920. The van der Waals surface area contributed by atoms with E-state index in [9.17, 15) is 0 Å². The van der Waals surface area contributed by atoms with Crippen molar-refractivity contribution in [2.24, 2.45) is 7.05 Å². The minimum absolute atomic E-state index is 0.741. The number of rotatable bonds is 2. The van der Waals surface area contributed by atoms with Crippen LogP contribution < -0.4 is 0 Å². The van der Waals surface area contributed by atoms with Crippen LogP contribution in [0.1, 0.15) is 10.6 Å². The average Bonchev–Trinajstić information content (AvgIpc) is 2.91. The number of fused-ring (bicyclic) bond motifs is 1. The van der Waals surface area contributed by atoms with Crippen LogP contribution in [0.15, 0.2) is 15.9 Å². The summed E-state index contributed by atoms with van der Waals surface area (Å²) in [4.78, 5) is 4.49. The Morgan fingerprint density at radius 1 is 1.56 bits per heavy atom. The SMILES string of the molecule is Cc1nn(C)c2c1[nH]c(=S)n2Cc1cc(Br)cs1. The molecule has 0 aliphatic rings. The van der Waals surface area contributed by atoms with Gasteiger partial charge < -0.3 is 4.98 Å². The zero-order valence-electron chi connectivity index (χ0n) is 9.90. The molecule has 3 heterocycles. The highest BCUT2D eigenvalue weighted by atomic mass is 79.9. The van der Waals surface area contributed by atoms with E-state index in [0.717, 1.165) is 32.6 Å². The standard InChI is InChI=1S/C11H11BrN4S2/c1-6-9-10(15(2)14-6)16(11(17)13-9)4-8-3-7(12)5-18-8/h3,5H,4H2,1-2H3,(H,13,17). The number of hydrogen-bond donors (Lipinski definition) is 1. The van der Waals surface area contributed by atoms with Crippen molar-refractivity contribution >= 4 is 50.6 Å². The van der Waals surface area contributed by atoms with Crippen LogP contribution in [-0.2, 0) is 13.6 Å². The molecule has 0 amide bonds. The van der Waals surface area contributed by atoms with Crippen LogP contribution >= 0.6 is 39.5 Å². The van der Waals surface area contributed by atoms with Gasteiger partial charge in [0.15, 0.2) is 10.4 Å². The highest BCUT2D eigenvalue weighted by Crippen LogP contribution is 2.23. The van der Waals surface area contributed by atoms with Crippen LogP contribution in [0.25, 0.3) is 11.2 Å². The Morgan fingerprint density at radius 3 is 3.00 bits per heavy atom. The molecular weight excluding hydrogens is 332 g/mol. The fourth-order valence-electron chi connectivity index (χ4n) is 2.11. The fraction of sp³-hybridized carbons (Fsp3) is 0.273. The number of halogens is 1. The van der Waals surface area contributed by atoms with E-state index in [0.29, 0.717) is 0 Å². The van der Waals surface area contributed by atoms with Crippen molar-refractivity contribution in [3.05, 3.63) is 31.3 Å². The van der Waals surface area contributed by atoms with Gasteiger partial charge in [-0.05, 0) is 41.1 Å². The molecule has 3 aromatic heterocycles. The van der Waals surface area contributed by atoms with Crippen molar-refractivity contribution in [2.75, 3.05) is 0 Å². The van der Waals surface area contributed by atoms with Gasteiger partial charge >= 0.3 is 0 Å². The van der Waals surface area contributed by atoms with Gasteiger partial charge in [-0.3, -0.25) is 9.25 Å². The molecule has 0 unspecified atom stereocenters. The van der Waals surface area contributed by atoms with E-state index in [2.05, 4.69) is 42.0 Å². The molecule has 0 aliphatic heterocycles. The van der Waals surface area contributed by atoms with Gasteiger partial charge in [0.1, 0.15) is 5.52 Å². The summed E-state index contributed by atoms with van der Waals surface area (Å²) in [5.74, 6) is 0. The Bertz CT molecular complexity index is 777. The van der Waals surface area contributed by atoms with Crippen molar-refractivity contribution in [1.29, 1.82) is 0 Å². The molecule has 0 saturated carbocycles. The van der Waals surface area contributed by atoms with Crippen LogP contribution in [0.5, 0.6) is 0 Å². The van der Waals surface area contributed by atoms with Crippen LogP contribution in [-0.4, -0.2) is 19.3 Å². The van der Waals surface area contributed by atoms with E-state index in [-0.39, 0.29) is 0 Å². The maximum Gasteiger partial charge on any atom is 0.179 e. The van der Waals surface area contributed by atoms with Crippen LogP contribution in [0, 0.1) is 11.7 Å². The summed E-state index contributed by atoms with van der Waals surface area (Å²) in [7, 11) is 1.94. The van der Waals surface area contributed by atoms with Gasteiger partial charge in [-0.25, -0.2) is 0 Å². The molecule has 1 N–H and O–H groups in total. The normalized spacial score (nSPS) is 11.5. The first-order valence-electron chi connectivity index (χ1n) is 5.41. The minimum atomic E-state index is 0.741. The zero-order valence-corrected chi connectivity index (χ0v) is 13.1. The summed E-state index contributed by atoms with van der Waals surface area (Å²) in [5.41, 5.74) is 3.05. The van der Waals surface area contributed by atoms with Gasteiger partial charge in [0.2, 0.25) is 0 Å². The Kier molecular flexibility index (Phi) is 2.91. The quantitative estimate of drug-likeness (QED) is 0.722. The second-order valence-corrected chi connectivity index (χ2v) is 6.45. The lowest BCUT2D eigenvalue weighted by Gasteiger charge is -2.02. The van der Waals surface area contributed by atoms with Gasteiger partial charge in [0.05, 0.1) is 12.2 Å². The monoisotopic (exact) mass is 342 g/mol. The van der Waals surface area contributed by atoms with E-state index in [4.69, 9.17) is 12.2 Å². The van der Waals surface area contributed by atoms with E-state index in [1.54, 1.807) is 11.3 Å². The third-order valence-corrected chi connectivity index (χ3v) is 4.87. The predicted molar refractivity (Wildman–Crippen MR) is 79.7 cm³/mol. The fourth-order valence-corrected chi connectivity index (χ4v) is 3.80. The highest BCUT2D eigenvalue weighted by molar-refractivity contribution is 9.10. The molecule has 0 spiro atoms. The molecule has 7 heteroatoms. The van der Waals surface area contributed by atoms with Crippen LogP contribution in [0.2, 0.25) is 0 Å². The highest BCUT2D eigenvalue weighted by Gasteiger charge is 2.13. The number of aryl methyl sites for hydroxylation is 2. The maximum atomic E-state index is 5.39. The van der Waals surface area contributed by atoms with Crippen LogP contribution in [0.4, 0.5) is 0 Å². The number of aromatic nitrogens is 4. The Balaban J connectivity index is 2.16. The smallest absolute Gasteiger partial charge is 0.179 e. The van der Waals surface area contributed by atoms with E-state index < -0.39 is 0 Å². The van der Waals surface area contributed by atoms with Crippen molar-refractivity contribution in [3.63, 3.8) is 0 Å². The zero-order chi connectivity index (χ0) is 12.9. The first-order valence-corrected chi connectivity index (χ1v) is 7.49. The van der Waals surface area contributed by atoms with Gasteiger partial charge in [-0.15, -0.1) is 11.3 Å². The van der Waals surface area contributed by atoms with Gasteiger partial charge in [0, 0.05) is 21.8 Å². The van der Waals surface area contributed by atoms with Crippen molar-refractivity contribution < 1.29 is 0 Å². The first kappa shape index (κ1) is 12.1. The Labute approximate surface area is 121 Å². The van der Waals surface area contributed by atoms with Crippen molar-refractivity contribution in [1.82, 2.24) is 19.3 Å². The molecule has 0 fully saturated rings.